The quantitative estimate of drug-likeness (QED) is 0.798. The number of nitrogens with two attached hydrogens (primary N) is 1. The van der Waals surface area contributed by atoms with Crippen molar-refractivity contribution in [2.24, 2.45) is 11.7 Å². The maximum atomic E-state index is 12.3. The lowest BCUT2D eigenvalue weighted by Crippen LogP contribution is -2.49. The first-order valence-electron chi connectivity index (χ1n) is 6.55. The Labute approximate surface area is 99.4 Å². The zero-order valence-corrected chi connectivity index (χ0v) is 11.1. The second kappa shape index (κ2) is 5.67. The Morgan fingerprint density at radius 1 is 1.44 bits per heavy atom. The predicted molar refractivity (Wildman–Crippen MR) is 67.1 cm³/mol. The highest BCUT2D eigenvalue weighted by atomic mass is 16.2. The maximum absolute atomic E-state index is 12.3. The van der Waals surface area contributed by atoms with E-state index in [0.29, 0.717) is 18.0 Å². The second-order valence-electron chi connectivity index (χ2n) is 5.47. The summed E-state index contributed by atoms with van der Waals surface area (Å²) >= 11 is 0. The van der Waals surface area contributed by atoms with E-state index in [1.54, 1.807) is 0 Å². The first kappa shape index (κ1) is 13.5. The van der Waals surface area contributed by atoms with Crippen LogP contribution in [-0.4, -0.2) is 28.9 Å². The lowest BCUT2D eigenvalue weighted by Gasteiger charge is -2.31. The summed E-state index contributed by atoms with van der Waals surface area (Å²) in [5.74, 6) is 0.641. The van der Waals surface area contributed by atoms with Gasteiger partial charge in [0.25, 0.3) is 0 Å². The smallest absolute Gasteiger partial charge is 0.239 e. The molecule has 1 fully saturated rings. The van der Waals surface area contributed by atoms with E-state index in [0.717, 1.165) is 25.7 Å². The minimum Gasteiger partial charge on any atom is -0.336 e. The second-order valence-corrected chi connectivity index (χ2v) is 5.47. The molecule has 0 aliphatic carbocycles. The van der Waals surface area contributed by atoms with Crippen LogP contribution in [0.3, 0.4) is 0 Å². The molecule has 2 N–H and O–H groups in total. The summed E-state index contributed by atoms with van der Waals surface area (Å²) < 4.78 is 0. The molecule has 0 spiro atoms. The van der Waals surface area contributed by atoms with Crippen LogP contribution in [0.2, 0.25) is 0 Å². The standard InChI is InChI=1S/C13H26N2O/c1-5-11-7-6-10(4)15(11)13(16)12(14)8-9(2)3/h9-12H,5-8,14H2,1-4H3. The Morgan fingerprint density at radius 3 is 2.56 bits per heavy atom. The molecule has 3 heteroatoms. The van der Waals surface area contributed by atoms with Gasteiger partial charge in [-0.15, -0.1) is 0 Å². The molecule has 0 saturated carbocycles. The molecule has 3 unspecified atom stereocenters. The van der Waals surface area contributed by atoms with Crippen molar-refractivity contribution in [3.05, 3.63) is 0 Å². The highest BCUT2D eigenvalue weighted by Gasteiger charge is 2.35. The van der Waals surface area contributed by atoms with E-state index in [-0.39, 0.29) is 11.9 Å². The normalized spacial score (nSPS) is 27.5. The van der Waals surface area contributed by atoms with E-state index >= 15 is 0 Å². The van der Waals surface area contributed by atoms with Gasteiger partial charge >= 0.3 is 0 Å². The third-order valence-corrected chi connectivity index (χ3v) is 3.55. The van der Waals surface area contributed by atoms with Crippen LogP contribution in [-0.2, 0) is 4.79 Å². The van der Waals surface area contributed by atoms with Crippen LogP contribution >= 0.6 is 0 Å². The number of likely N-dealkylation sites (tertiary alicyclic amines) is 1. The van der Waals surface area contributed by atoms with E-state index in [4.69, 9.17) is 5.73 Å². The average Bonchev–Trinajstić information content (AvgIpc) is 2.57. The fraction of sp³-hybridized carbons (Fsp3) is 0.923. The van der Waals surface area contributed by atoms with Crippen molar-refractivity contribution in [3.8, 4) is 0 Å². The minimum absolute atomic E-state index is 0.158. The van der Waals surface area contributed by atoms with Gasteiger partial charge in [0.05, 0.1) is 6.04 Å². The monoisotopic (exact) mass is 226 g/mol. The van der Waals surface area contributed by atoms with Gasteiger partial charge in [0.2, 0.25) is 5.91 Å². The highest BCUT2D eigenvalue weighted by Crippen LogP contribution is 2.27. The van der Waals surface area contributed by atoms with Crippen LogP contribution in [0.25, 0.3) is 0 Å². The molecule has 0 aromatic rings. The molecule has 1 rings (SSSR count). The molecule has 0 aromatic carbocycles. The number of nitrogens with zero attached hydrogens (tertiary/aromatic N) is 1. The molecular weight excluding hydrogens is 200 g/mol. The molecule has 3 nitrogen and oxygen atoms in total. The first-order chi connectivity index (χ1) is 7.47. The van der Waals surface area contributed by atoms with Crippen LogP contribution in [0.1, 0.15) is 53.4 Å². The molecule has 1 amide bonds. The van der Waals surface area contributed by atoms with Crippen LogP contribution < -0.4 is 5.73 Å². The molecule has 94 valence electrons. The van der Waals surface area contributed by atoms with Gasteiger partial charge < -0.3 is 10.6 Å². The zero-order chi connectivity index (χ0) is 12.3. The Bertz CT molecular complexity index is 240. The zero-order valence-electron chi connectivity index (χ0n) is 11.1. The lowest BCUT2D eigenvalue weighted by molar-refractivity contribution is -0.135. The Kier molecular flexibility index (Phi) is 4.78. The van der Waals surface area contributed by atoms with Gasteiger partial charge in [-0.05, 0) is 38.5 Å². The molecule has 1 aliphatic heterocycles. The van der Waals surface area contributed by atoms with Crippen LogP contribution in [0.4, 0.5) is 0 Å². The van der Waals surface area contributed by atoms with E-state index in [1.165, 1.54) is 0 Å². The summed E-state index contributed by atoms with van der Waals surface area (Å²) in [6.07, 6.45) is 4.10. The van der Waals surface area contributed by atoms with Gasteiger partial charge in [0.15, 0.2) is 0 Å². The van der Waals surface area contributed by atoms with Gasteiger partial charge in [0, 0.05) is 12.1 Å². The number of rotatable bonds is 4. The summed E-state index contributed by atoms with van der Waals surface area (Å²) in [6, 6.07) is 0.478. The van der Waals surface area contributed by atoms with Crippen molar-refractivity contribution in [2.75, 3.05) is 0 Å². The van der Waals surface area contributed by atoms with E-state index < -0.39 is 0 Å². The summed E-state index contributed by atoms with van der Waals surface area (Å²) in [7, 11) is 0. The number of hydrogen-bond acceptors (Lipinski definition) is 2. The van der Waals surface area contributed by atoms with Crippen molar-refractivity contribution >= 4 is 5.91 Å². The van der Waals surface area contributed by atoms with Gasteiger partial charge in [-0.2, -0.15) is 0 Å². The molecule has 16 heavy (non-hydrogen) atoms. The van der Waals surface area contributed by atoms with Crippen molar-refractivity contribution in [2.45, 2.75) is 71.5 Å². The molecule has 1 aliphatic rings. The SMILES string of the molecule is CCC1CCC(C)N1C(=O)C(N)CC(C)C. The Morgan fingerprint density at radius 2 is 2.06 bits per heavy atom. The van der Waals surface area contributed by atoms with Crippen molar-refractivity contribution in [1.82, 2.24) is 4.90 Å². The predicted octanol–water partition coefficient (Wildman–Crippen LogP) is 2.15. The molecule has 1 heterocycles. The largest absolute Gasteiger partial charge is 0.336 e. The molecule has 3 atom stereocenters. The highest BCUT2D eigenvalue weighted by molar-refractivity contribution is 5.82. The molecule has 0 aromatic heterocycles. The van der Waals surface area contributed by atoms with Crippen molar-refractivity contribution < 1.29 is 4.79 Å². The first-order valence-corrected chi connectivity index (χ1v) is 6.55. The van der Waals surface area contributed by atoms with Gasteiger partial charge in [0.1, 0.15) is 0 Å². The summed E-state index contributed by atoms with van der Waals surface area (Å²) in [5, 5.41) is 0. The van der Waals surface area contributed by atoms with E-state index in [1.807, 2.05) is 4.90 Å². The maximum Gasteiger partial charge on any atom is 0.239 e. The fourth-order valence-corrected chi connectivity index (χ4v) is 2.67. The summed E-state index contributed by atoms with van der Waals surface area (Å²) in [5.41, 5.74) is 5.99. The topological polar surface area (TPSA) is 46.3 Å². The molecule has 0 radical (unpaired) electrons. The van der Waals surface area contributed by atoms with E-state index in [2.05, 4.69) is 27.7 Å². The van der Waals surface area contributed by atoms with Gasteiger partial charge in [-0.25, -0.2) is 0 Å². The van der Waals surface area contributed by atoms with Crippen LogP contribution in [0.15, 0.2) is 0 Å². The van der Waals surface area contributed by atoms with Crippen molar-refractivity contribution in [1.29, 1.82) is 0 Å². The average molecular weight is 226 g/mol. The third kappa shape index (κ3) is 2.97. The Balaban J connectivity index is 2.63. The summed E-state index contributed by atoms with van der Waals surface area (Å²) in [6.45, 7) is 8.50. The molecule has 0 bridgehead atoms. The number of carbonyl (C=O) groups is 1. The number of carbonyl (C=O) groups excluding carboxylic acids is 1. The lowest BCUT2D eigenvalue weighted by atomic mass is 10.0. The molecule has 1 saturated heterocycles. The van der Waals surface area contributed by atoms with Crippen molar-refractivity contribution in [3.63, 3.8) is 0 Å². The van der Waals surface area contributed by atoms with Gasteiger partial charge in [-0.3, -0.25) is 4.79 Å². The Hall–Kier alpha value is -0.570. The molecular formula is C13H26N2O. The van der Waals surface area contributed by atoms with Crippen LogP contribution in [0, 0.1) is 5.92 Å². The fourth-order valence-electron chi connectivity index (χ4n) is 2.67. The van der Waals surface area contributed by atoms with Gasteiger partial charge in [-0.1, -0.05) is 20.8 Å². The minimum atomic E-state index is -0.311. The summed E-state index contributed by atoms with van der Waals surface area (Å²) in [4.78, 5) is 14.3. The van der Waals surface area contributed by atoms with Crippen LogP contribution in [0.5, 0.6) is 0 Å². The van der Waals surface area contributed by atoms with E-state index in [9.17, 15) is 4.79 Å². The third-order valence-electron chi connectivity index (χ3n) is 3.55. The number of hydrogen-bond donors (Lipinski definition) is 1. The number of amides is 1.